The van der Waals surface area contributed by atoms with Crippen molar-refractivity contribution in [3.05, 3.63) is 42.0 Å². The van der Waals surface area contributed by atoms with Crippen LogP contribution in [-0.2, 0) is 14.4 Å². The minimum absolute atomic E-state index is 0.0912. The van der Waals surface area contributed by atoms with E-state index >= 15 is 0 Å². The monoisotopic (exact) mass is 422 g/mol. The number of carbonyl (C=O) groups is 3. The fourth-order valence-corrected chi connectivity index (χ4v) is 6.13. The summed E-state index contributed by atoms with van der Waals surface area (Å²) in [6.07, 6.45) is 10.7. The van der Waals surface area contributed by atoms with Gasteiger partial charge in [-0.15, -0.1) is 0 Å². The maximum Gasteiger partial charge on any atom is 0.234 e. The van der Waals surface area contributed by atoms with Crippen molar-refractivity contribution < 1.29 is 19.1 Å². The molecule has 164 valence electrons. The average Bonchev–Trinajstić information content (AvgIpc) is 3.47. The first-order chi connectivity index (χ1) is 15.1. The molecule has 1 aliphatic heterocycles. The molecule has 3 amide bonds. The molecular formula is C25H30N2O4. The van der Waals surface area contributed by atoms with Crippen LogP contribution in [0.25, 0.3) is 0 Å². The Bertz CT molecular complexity index is 873. The number of hydrogen-bond donors (Lipinski definition) is 1. The normalized spacial score (nSPS) is 30.5. The van der Waals surface area contributed by atoms with Crippen LogP contribution in [-0.4, -0.2) is 35.8 Å². The molecule has 3 fully saturated rings. The summed E-state index contributed by atoms with van der Waals surface area (Å²) < 4.78 is 5.26. The van der Waals surface area contributed by atoms with Crippen LogP contribution in [0, 0.1) is 23.7 Å². The van der Waals surface area contributed by atoms with Gasteiger partial charge in [-0.25, -0.2) is 0 Å². The molecule has 4 aliphatic rings. The van der Waals surface area contributed by atoms with Crippen LogP contribution in [0.4, 0.5) is 0 Å². The van der Waals surface area contributed by atoms with Gasteiger partial charge >= 0.3 is 0 Å². The minimum Gasteiger partial charge on any atom is -0.497 e. The zero-order valence-corrected chi connectivity index (χ0v) is 18.0. The van der Waals surface area contributed by atoms with Gasteiger partial charge in [0.25, 0.3) is 0 Å². The summed E-state index contributed by atoms with van der Waals surface area (Å²) in [4.78, 5) is 41.2. The van der Waals surface area contributed by atoms with Gasteiger partial charge in [-0.05, 0) is 48.8 Å². The highest BCUT2D eigenvalue weighted by atomic mass is 16.5. The molecule has 0 radical (unpaired) electrons. The number of imide groups is 1. The second kappa shape index (κ2) is 8.13. The van der Waals surface area contributed by atoms with E-state index in [0.29, 0.717) is 5.75 Å². The molecule has 3 aliphatic carbocycles. The molecule has 6 heteroatoms. The van der Waals surface area contributed by atoms with Gasteiger partial charge in [0, 0.05) is 6.04 Å². The Morgan fingerprint density at radius 1 is 1.03 bits per heavy atom. The zero-order chi connectivity index (χ0) is 21.5. The van der Waals surface area contributed by atoms with E-state index in [1.165, 1.54) is 11.3 Å². The molecule has 2 bridgehead atoms. The fraction of sp³-hybridized carbons (Fsp3) is 0.560. The zero-order valence-electron chi connectivity index (χ0n) is 18.0. The van der Waals surface area contributed by atoms with E-state index < -0.39 is 6.04 Å². The molecule has 5 rings (SSSR count). The van der Waals surface area contributed by atoms with Gasteiger partial charge in [-0.2, -0.15) is 0 Å². The lowest BCUT2D eigenvalue weighted by Crippen LogP contribution is -2.42. The number of ether oxygens (including phenoxy) is 1. The quantitative estimate of drug-likeness (QED) is 0.563. The summed E-state index contributed by atoms with van der Waals surface area (Å²) in [5.41, 5.74) is 0.793. The summed E-state index contributed by atoms with van der Waals surface area (Å²) in [7, 11) is 1.60. The van der Waals surface area contributed by atoms with Gasteiger partial charge in [-0.1, -0.05) is 43.5 Å². The average molecular weight is 423 g/mol. The maximum atomic E-state index is 13.4. The number of fused-ring (bicyclic) bond motifs is 5. The number of nitrogens with one attached hydrogen (secondary N) is 1. The van der Waals surface area contributed by atoms with Gasteiger partial charge in [0.05, 0.1) is 31.4 Å². The number of benzene rings is 1. The first-order valence-electron chi connectivity index (χ1n) is 11.6. The molecule has 1 aromatic carbocycles. The highest BCUT2D eigenvalue weighted by molar-refractivity contribution is 6.07. The number of likely N-dealkylation sites (tertiary alicyclic amines) is 1. The van der Waals surface area contributed by atoms with Crippen LogP contribution in [0.5, 0.6) is 5.75 Å². The maximum absolute atomic E-state index is 13.4. The standard InChI is InChI=1S/C25H30N2O4/c1-31-19-11-9-15(10-12-19)20(14-21(28)26-18-5-3-2-4-6-18)27-24(29)22-16-7-8-17(13-16)23(22)25(27)30/h7-12,16-18,20,22-23H,2-6,13-14H2,1H3,(H,26,28). The topological polar surface area (TPSA) is 75.7 Å². The van der Waals surface area contributed by atoms with Gasteiger partial charge in [-0.3, -0.25) is 19.3 Å². The van der Waals surface area contributed by atoms with Crippen molar-refractivity contribution in [2.24, 2.45) is 23.7 Å². The SMILES string of the molecule is COc1ccc(C(CC(=O)NC2CCCCC2)N2C(=O)C3C4C=CC(C4)C3C2=O)cc1. The number of hydrogen-bond acceptors (Lipinski definition) is 4. The summed E-state index contributed by atoms with van der Waals surface area (Å²) in [5.74, 6) is 0.178. The molecule has 6 nitrogen and oxygen atoms in total. The second-order valence-corrected chi connectivity index (χ2v) is 9.44. The first-order valence-corrected chi connectivity index (χ1v) is 11.6. The Hall–Kier alpha value is -2.63. The predicted molar refractivity (Wildman–Crippen MR) is 115 cm³/mol. The first kappa shape index (κ1) is 20.3. The van der Waals surface area contributed by atoms with Crippen LogP contribution in [0.3, 0.4) is 0 Å². The van der Waals surface area contributed by atoms with Crippen molar-refractivity contribution in [2.75, 3.05) is 7.11 Å². The van der Waals surface area contributed by atoms with Gasteiger partial charge < -0.3 is 10.1 Å². The van der Waals surface area contributed by atoms with Crippen molar-refractivity contribution >= 4 is 17.7 Å². The highest BCUT2D eigenvalue weighted by Crippen LogP contribution is 2.54. The molecule has 1 heterocycles. The minimum atomic E-state index is -0.584. The Balaban J connectivity index is 1.40. The number of allylic oxidation sites excluding steroid dienone is 2. The second-order valence-electron chi connectivity index (χ2n) is 9.44. The van der Waals surface area contributed by atoms with E-state index in [9.17, 15) is 14.4 Å². The van der Waals surface area contributed by atoms with Crippen LogP contribution >= 0.6 is 0 Å². The highest BCUT2D eigenvalue weighted by Gasteiger charge is 2.60. The van der Waals surface area contributed by atoms with Crippen LogP contribution in [0.2, 0.25) is 0 Å². The Morgan fingerprint density at radius 3 is 2.23 bits per heavy atom. The number of methoxy groups -OCH3 is 1. The molecular weight excluding hydrogens is 392 g/mol. The third-order valence-electron chi connectivity index (χ3n) is 7.67. The Labute approximate surface area is 183 Å². The summed E-state index contributed by atoms with van der Waals surface area (Å²) in [6, 6.07) is 6.97. The van der Waals surface area contributed by atoms with E-state index in [0.717, 1.165) is 37.7 Å². The lowest BCUT2D eigenvalue weighted by atomic mass is 9.85. The van der Waals surface area contributed by atoms with Crippen molar-refractivity contribution in [3.63, 3.8) is 0 Å². The van der Waals surface area contributed by atoms with Crippen molar-refractivity contribution in [1.82, 2.24) is 10.2 Å². The van der Waals surface area contributed by atoms with Crippen LogP contribution in [0.1, 0.15) is 56.6 Å². The van der Waals surface area contributed by atoms with Crippen molar-refractivity contribution in [1.29, 1.82) is 0 Å². The van der Waals surface area contributed by atoms with E-state index in [1.54, 1.807) is 7.11 Å². The molecule has 1 aromatic rings. The number of nitrogens with zero attached hydrogens (tertiary/aromatic N) is 1. The van der Waals surface area contributed by atoms with Crippen molar-refractivity contribution in [2.45, 2.75) is 57.0 Å². The van der Waals surface area contributed by atoms with Gasteiger partial charge in [0.15, 0.2) is 0 Å². The fourth-order valence-electron chi connectivity index (χ4n) is 6.13. The number of amides is 3. The smallest absolute Gasteiger partial charge is 0.234 e. The summed E-state index contributed by atoms with van der Waals surface area (Å²) >= 11 is 0. The Morgan fingerprint density at radius 2 is 1.65 bits per heavy atom. The largest absolute Gasteiger partial charge is 0.497 e. The lowest BCUT2D eigenvalue weighted by molar-refractivity contribution is -0.144. The molecule has 1 N–H and O–H groups in total. The van der Waals surface area contributed by atoms with E-state index in [-0.39, 0.29) is 53.9 Å². The molecule has 1 saturated heterocycles. The lowest BCUT2D eigenvalue weighted by Gasteiger charge is -2.29. The molecule has 0 aromatic heterocycles. The Kier molecular flexibility index (Phi) is 5.32. The van der Waals surface area contributed by atoms with E-state index in [1.807, 2.05) is 24.3 Å². The van der Waals surface area contributed by atoms with E-state index in [4.69, 9.17) is 4.74 Å². The third kappa shape index (κ3) is 3.56. The van der Waals surface area contributed by atoms with Gasteiger partial charge in [0.2, 0.25) is 17.7 Å². The molecule has 31 heavy (non-hydrogen) atoms. The summed E-state index contributed by atoms with van der Waals surface area (Å²) in [6.45, 7) is 0. The summed E-state index contributed by atoms with van der Waals surface area (Å²) in [5, 5.41) is 3.15. The predicted octanol–water partition coefficient (Wildman–Crippen LogP) is 3.38. The van der Waals surface area contributed by atoms with Gasteiger partial charge in [0.1, 0.15) is 5.75 Å². The number of rotatable bonds is 6. The molecule has 5 atom stereocenters. The molecule has 0 spiro atoms. The van der Waals surface area contributed by atoms with Crippen molar-refractivity contribution in [3.8, 4) is 5.75 Å². The van der Waals surface area contributed by atoms with E-state index in [2.05, 4.69) is 17.5 Å². The van der Waals surface area contributed by atoms with Crippen LogP contribution < -0.4 is 10.1 Å². The molecule has 2 saturated carbocycles. The number of carbonyl (C=O) groups excluding carboxylic acids is 3. The third-order valence-corrected chi connectivity index (χ3v) is 7.67. The molecule has 5 unspecified atom stereocenters. The van der Waals surface area contributed by atoms with Crippen LogP contribution in [0.15, 0.2) is 36.4 Å².